The molecule has 1 heterocycles. The fourth-order valence-corrected chi connectivity index (χ4v) is 2.35. The first-order chi connectivity index (χ1) is 13.1. The standard InChI is InChI=1S/C17H28N6O5/c1-9(2)4-13(16(26)20-7-14(24)22-10(3)17(27)28)23-15(25)12(18)5-11-6-19-8-21-11/h6,8-10,12-13H,4-5,7,18H2,1-3H3,(H,19,21)(H,20,26)(H,22,24)(H,23,25)(H,27,28). The van der Waals surface area contributed by atoms with Crippen molar-refractivity contribution in [2.45, 2.75) is 51.7 Å². The predicted octanol–water partition coefficient (Wildman–Crippen LogP) is -1.48. The van der Waals surface area contributed by atoms with E-state index in [2.05, 4.69) is 25.9 Å². The molecule has 156 valence electrons. The van der Waals surface area contributed by atoms with Crippen LogP contribution in [-0.4, -0.2) is 63.4 Å². The molecule has 0 fully saturated rings. The summed E-state index contributed by atoms with van der Waals surface area (Å²) >= 11 is 0. The minimum Gasteiger partial charge on any atom is -0.480 e. The number of aliphatic carboxylic acids is 1. The molecule has 0 saturated carbocycles. The number of nitrogens with zero attached hydrogens (tertiary/aromatic N) is 1. The van der Waals surface area contributed by atoms with Gasteiger partial charge in [-0.1, -0.05) is 13.8 Å². The summed E-state index contributed by atoms with van der Waals surface area (Å²) in [6.07, 6.45) is 3.62. The zero-order chi connectivity index (χ0) is 21.3. The van der Waals surface area contributed by atoms with Gasteiger partial charge in [0.15, 0.2) is 0 Å². The average Bonchev–Trinajstić information content (AvgIpc) is 3.11. The minimum atomic E-state index is -1.18. The van der Waals surface area contributed by atoms with Gasteiger partial charge in [-0.2, -0.15) is 0 Å². The molecule has 3 unspecified atom stereocenters. The van der Waals surface area contributed by atoms with Crippen molar-refractivity contribution in [3.63, 3.8) is 0 Å². The predicted molar refractivity (Wildman–Crippen MR) is 99.9 cm³/mol. The van der Waals surface area contributed by atoms with Gasteiger partial charge in [-0.25, -0.2) is 4.98 Å². The van der Waals surface area contributed by atoms with Crippen LogP contribution in [0.4, 0.5) is 0 Å². The first-order valence-corrected chi connectivity index (χ1v) is 8.93. The van der Waals surface area contributed by atoms with E-state index in [-0.39, 0.29) is 12.3 Å². The number of H-pyrrole nitrogens is 1. The molecule has 11 nitrogen and oxygen atoms in total. The molecule has 0 aliphatic heterocycles. The van der Waals surface area contributed by atoms with Crippen LogP contribution in [0.2, 0.25) is 0 Å². The van der Waals surface area contributed by atoms with E-state index in [0.717, 1.165) is 0 Å². The Morgan fingerprint density at radius 3 is 2.39 bits per heavy atom. The number of carbonyl (C=O) groups is 4. The molecular formula is C17H28N6O5. The van der Waals surface area contributed by atoms with E-state index in [1.54, 1.807) is 6.20 Å². The summed E-state index contributed by atoms with van der Waals surface area (Å²) in [6, 6.07) is -2.82. The first-order valence-electron chi connectivity index (χ1n) is 8.93. The molecule has 0 aliphatic rings. The molecule has 0 spiro atoms. The fraction of sp³-hybridized carbons (Fsp3) is 0.588. The SMILES string of the molecule is CC(C)CC(NC(=O)C(N)Cc1cnc[nH]1)C(=O)NCC(=O)NC(C)C(=O)O. The maximum absolute atomic E-state index is 12.4. The van der Waals surface area contributed by atoms with Gasteiger partial charge in [0.1, 0.15) is 12.1 Å². The third-order valence-corrected chi connectivity index (χ3v) is 3.84. The van der Waals surface area contributed by atoms with Crippen LogP contribution in [-0.2, 0) is 25.6 Å². The smallest absolute Gasteiger partial charge is 0.325 e. The zero-order valence-corrected chi connectivity index (χ0v) is 16.2. The second-order valence-electron chi connectivity index (χ2n) is 6.92. The number of carboxylic acid groups (broad SMARTS) is 1. The van der Waals surface area contributed by atoms with Crippen LogP contribution in [0.1, 0.15) is 32.9 Å². The molecule has 7 N–H and O–H groups in total. The van der Waals surface area contributed by atoms with Crippen molar-refractivity contribution in [1.29, 1.82) is 0 Å². The normalized spacial score (nSPS) is 14.0. The Balaban J connectivity index is 2.60. The van der Waals surface area contributed by atoms with Crippen molar-refractivity contribution in [3.05, 3.63) is 18.2 Å². The molecule has 1 rings (SSSR count). The summed E-state index contributed by atoms with van der Waals surface area (Å²) in [7, 11) is 0. The van der Waals surface area contributed by atoms with Crippen molar-refractivity contribution < 1.29 is 24.3 Å². The number of amides is 3. The van der Waals surface area contributed by atoms with Crippen LogP contribution in [0, 0.1) is 5.92 Å². The number of rotatable bonds is 11. The summed E-state index contributed by atoms with van der Waals surface area (Å²) < 4.78 is 0. The van der Waals surface area contributed by atoms with Crippen molar-refractivity contribution >= 4 is 23.7 Å². The lowest BCUT2D eigenvalue weighted by Crippen LogP contribution is -2.54. The number of hydrogen-bond acceptors (Lipinski definition) is 6. The number of carbonyl (C=O) groups excluding carboxylic acids is 3. The molecule has 1 aromatic rings. The van der Waals surface area contributed by atoms with Crippen LogP contribution in [0.3, 0.4) is 0 Å². The average molecular weight is 396 g/mol. The Morgan fingerprint density at radius 1 is 1.18 bits per heavy atom. The second kappa shape index (κ2) is 11.0. The molecular weight excluding hydrogens is 368 g/mol. The number of carboxylic acids is 1. The number of nitrogens with two attached hydrogens (primary N) is 1. The fourth-order valence-electron chi connectivity index (χ4n) is 2.35. The van der Waals surface area contributed by atoms with Gasteiger partial charge in [0.25, 0.3) is 0 Å². The lowest BCUT2D eigenvalue weighted by atomic mass is 10.0. The minimum absolute atomic E-state index is 0.0979. The lowest BCUT2D eigenvalue weighted by Gasteiger charge is -2.22. The molecule has 0 saturated heterocycles. The van der Waals surface area contributed by atoms with E-state index < -0.39 is 48.4 Å². The maximum Gasteiger partial charge on any atom is 0.325 e. The highest BCUT2D eigenvalue weighted by atomic mass is 16.4. The number of nitrogens with one attached hydrogen (secondary N) is 4. The summed E-state index contributed by atoms with van der Waals surface area (Å²) in [6.45, 7) is 4.68. The number of hydrogen-bond donors (Lipinski definition) is 6. The van der Waals surface area contributed by atoms with E-state index in [9.17, 15) is 19.2 Å². The van der Waals surface area contributed by atoms with E-state index in [0.29, 0.717) is 12.1 Å². The Bertz CT molecular complexity index is 676. The highest BCUT2D eigenvalue weighted by molar-refractivity contribution is 5.92. The monoisotopic (exact) mass is 396 g/mol. The molecule has 0 aliphatic carbocycles. The maximum atomic E-state index is 12.4. The van der Waals surface area contributed by atoms with E-state index in [1.165, 1.54) is 13.3 Å². The Labute approximate surface area is 162 Å². The highest BCUT2D eigenvalue weighted by Gasteiger charge is 2.25. The second-order valence-corrected chi connectivity index (χ2v) is 6.92. The highest BCUT2D eigenvalue weighted by Crippen LogP contribution is 2.06. The zero-order valence-electron chi connectivity index (χ0n) is 16.2. The molecule has 0 bridgehead atoms. The molecule has 3 amide bonds. The van der Waals surface area contributed by atoms with Gasteiger partial charge in [0, 0.05) is 18.3 Å². The number of aromatic amines is 1. The van der Waals surface area contributed by atoms with Crippen LogP contribution < -0.4 is 21.7 Å². The third-order valence-electron chi connectivity index (χ3n) is 3.84. The van der Waals surface area contributed by atoms with Gasteiger partial charge in [-0.3, -0.25) is 19.2 Å². The van der Waals surface area contributed by atoms with E-state index in [4.69, 9.17) is 10.8 Å². The molecule has 28 heavy (non-hydrogen) atoms. The van der Waals surface area contributed by atoms with Gasteiger partial charge < -0.3 is 31.8 Å². The molecule has 11 heteroatoms. The van der Waals surface area contributed by atoms with Gasteiger partial charge >= 0.3 is 5.97 Å². The van der Waals surface area contributed by atoms with Gasteiger partial charge in [-0.05, 0) is 19.3 Å². The largest absolute Gasteiger partial charge is 0.480 e. The first kappa shape index (κ1) is 23.1. The Kier molecular flexibility index (Phi) is 9.09. The molecule has 3 atom stereocenters. The summed E-state index contributed by atoms with van der Waals surface area (Å²) in [5.41, 5.74) is 6.57. The topological polar surface area (TPSA) is 179 Å². The van der Waals surface area contributed by atoms with E-state index in [1.807, 2.05) is 13.8 Å². The van der Waals surface area contributed by atoms with Crippen molar-refractivity contribution in [2.24, 2.45) is 11.7 Å². The lowest BCUT2D eigenvalue weighted by molar-refractivity contribution is -0.141. The van der Waals surface area contributed by atoms with Gasteiger partial charge in [0.05, 0.1) is 18.9 Å². The van der Waals surface area contributed by atoms with Crippen molar-refractivity contribution in [1.82, 2.24) is 25.9 Å². The molecule has 1 aromatic heterocycles. The number of imidazole rings is 1. The summed E-state index contributed by atoms with van der Waals surface area (Å²) in [5.74, 6) is -2.78. The van der Waals surface area contributed by atoms with Crippen LogP contribution in [0.25, 0.3) is 0 Å². The molecule has 0 radical (unpaired) electrons. The summed E-state index contributed by atoms with van der Waals surface area (Å²) in [5, 5.41) is 16.0. The Hall–Kier alpha value is -2.95. The van der Waals surface area contributed by atoms with E-state index >= 15 is 0 Å². The van der Waals surface area contributed by atoms with Crippen molar-refractivity contribution in [2.75, 3.05) is 6.54 Å². The van der Waals surface area contributed by atoms with Gasteiger partial charge in [-0.15, -0.1) is 0 Å². The number of aromatic nitrogens is 2. The summed E-state index contributed by atoms with van der Waals surface area (Å²) in [4.78, 5) is 53.9. The van der Waals surface area contributed by atoms with Crippen LogP contribution in [0.5, 0.6) is 0 Å². The van der Waals surface area contributed by atoms with Crippen LogP contribution >= 0.6 is 0 Å². The third kappa shape index (κ3) is 8.16. The Morgan fingerprint density at radius 2 is 1.86 bits per heavy atom. The van der Waals surface area contributed by atoms with Crippen molar-refractivity contribution in [3.8, 4) is 0 Å². The van der Waals surface area contributed by atoms with Crippen LogP contribution in [0.15, 0.2) is 12.5 Å². The quantitative estimate of drug-likeness (QED) is 0.264. The van der Waals surface area contributed by atoms with Gasteiger partial charge in [0.2, 0.25) is 17.7 Å². The molecule has 0 aromatic carbocycles.